The van der Waals surface area contributed by atoms with E-state index < -0.39 is 24.3 Å². The van der Waals surface area contributed by atoms with E-state index in [0.29, 0.717) is 23.9 Å². The second-order valence-electron chi connectivity index (χ2n) is 24.1. The molecule has 0 bridgehead atoms. The van der Waals surface area contributed by atoms with Gasteiger partial charge in [-0.1, -0.05) is 291 Å². The molecular formula is C74H129NO8. The fourth-order valence-corrected chi connectivity index (χ4v) is 9.64. The fraction of sp³-hybridized carbons (Fsp3) is 0.743. The monoisotopic (exact) mass is 1160 g/mol. The number of hydrogen-bond acceptors (Lipinski definition) is 8. The van der Waals surface area contributed by atoms with Crippen molar-refractivity contribution in [2.45, 2.75) is 309 Å². The number of unbranched alkanes of at least 4 members (excludes halogenated alkanes) is 32. The van der Waals surface area contributed by atoms with Crippen LogP contribution >= 0.6 is 0 Å². The first-order valence-electron chi connectivity index (χ1n) is 34.4. The maximum absolute atomic E-state index is 12.9. The highest BCUT2D eigenvalue weighted by Crippen LogP contribution is 2.18. The highest BCUT2D eigenvalue weighted by atomic mass is 16.7. The molecule has 0 aliphatic heterocycles. The first-order valence-corrected chi connectivity index (χ1v) is 34.4. The van der Waals surface area contributed by atoms with Gasteiger partial charge in [0.05, 0.1) is 40.3 Å². The molecule has 0 radical (unpaired) electrons. The topological polar surface area (TPSA) is 111 Å². The minimum atomic E-state index is -1.63. The number of aliphatic carboxylic acids is 1. The number of nitrogens with zero attached hydrogens (tertiary/aromatic N) is 1. The molecule has 2 unspecified atom stereocenters. The van der Waals surface area contributed by atoms with Crippen molar-refractivity contribution < 1.29 is 42.9 Å². The molecule has 0 aromatic carbocycles. The number of hydrogen-bond donors (Lipinski definition) is 0. The molecule has 0 rings (SSSR count). The minimum Gasteiger partial charge on any atom is -0.545 e. The van der Waals surface area contributed by atoms with Gasteiger partial charge in [0.15, 0.2) is 12.4 Å². The predicted molar refractivity (Wildman–Crippen MR) is 352 cm³/mol. The van der Waals surface area contributed by atoms with E-state index in [2.05, 4.69) is 111 Å². The van der Waals surface area contributed by atoms with Gasteiger partial charge in [0.2, 0.25) is 0 Å². The number of ether oxygens (including phenoxy) is 4. The van der Waals surface area contributed by atoms with Gasteiger partial charge in [-0.25, -0.2) is 0 Å². The maximum atomic E-state index is 12.9. The summed E-state index contributed by atoms with van der Waals surface area (Å²) in [7, 11) is 5.92. The highest BCUT2D eigenvalue weighted by molar-refractivity contribution is 5.70. The van der Waals surface area contributed by atoms with Gasteiger partial charge >= 0.3 is 11.9 Å². The van der Waals surface area contributed by atoms with E-state index in [-0.39, 0.29) is 38.6 Å². The number of rotatable bonds is 63. The summed E-state index contributed by atoms with van der Waals surface area (Å²) in [5.74, 6) is -2.31. The number of allylic oxidation sites excluding steroid dienone is 16. The van der Waals surface area contributed by atoms with E-state index in [4.69, 9.17) is 18.9 Å². The molecule has 0 saturated carbocycles. The van der Waals surface area contributed by atoms with E-state index >= 15 is 0 Å². The Kier molecular flexibility index (Phi) is 61.3. The number of likely N-dealkylation sites (N-methyl/N-ethyl adjacent to an activating group) is 1. The Balaban J connectivity index is 3.96. The molecule has 0 amide bonds. The van der Waals surface area contributed by atoms with Crippen molar-refractivity contribution in [1.82, 2.24) is 0 Å². The number of esters is 2. The standard InChI is InChI=1S/C74H129NO8/c1-6-8-10-12-14-16-18-20-22-24-25-26-27-28-29-30-31-32-33-34-35-36-37-38-39-40-41-42-43-44-45-46-47-49-51-53-55-57-59-61-63-65-72(77)83-70(69-82-74(73(78)79)80-67-66-75(3,4)5)68-81-71(76)64-62-60-58-56-54-52-50-48-23-21-19-17-15-13-11-9-7-2/h8-11,14-17,20-23,25-26,50,52,70,74H,6-7,12-13,18-19,24,27-49,51,53-69H2,1-5H3/b10-8-,11-9-,16-14-,17-15-,22-20-,23-21-,26-25-,52-50-. The zero-order chi connectivity index (χ0) is 60.5. The summed E-state index contributed by atoms with van der Waals surface area (Å²) in [6, 6.07) is 0. The second kappa shape index (κ2) is 64.2. The Morgan fingerprint density at radius 1 is 0.361 bits per heavy atom. The first kappa shape index (κ1) is 79.2. The van der Waals surface area contributed by atoms with Crippen LogP contribution in [0.15, 0.2) is 97.2 Å². The Morgan fingerprint density at radius 3 is 0.964 bits per heavy atom. The van der Waals surface area contributed by atoms with Crippen molar-refractivity contribution in [3.63, 3.8) is 0 Å². The molecule has 0 saturated heterocycles. The Labute approximate surface area is 512 Å². The van der Waals surface area contributed by atoms with E-state index in [9.17, 15) is 19.5 Å². The van der Waals surface area contributed by atoms with E-state index in [0.717, 1.165) is 89.9 Å². The van der Waals surface area contributed by atoms with Crippen molar-refractivity contribution in [1.29, 1.82) is 0 Å². The first-order chi connectivity index (χ1) is 40.6. The van der Waals surface area contributed by atoms with Gasteiger partial charge in [-0.3, -0.25) is 9.59 Å². The van der Waals surface area contributed by atoms with Gasteiger partial charge in [-0.15, -0.1) is 0 Å². The van der Waals surface area contributed by atoms with Gasteiger partial charge in [-0.05, 0) is 89.9 Å². The zero-order valence-electron chi connectivity index (χ0n) is 54.5. The van der Waals surface area contributed by atoms with Gasteiger partial charge in [-0.2, -0.15) is 0 Å². The number of carboxylic acid groups (broad SMARTS) is 1. The Morgan fingerprint density at radius 2 is 0.651 bits per heavy atom. The minimum absolute atomic E-state index is 0.142. The smallest absolute Gasteiger partial charge is 0.306 e. The Hall–Kier alpha value is -3.79. The van der Waals surface area contributed by atoms with Crippen molar-refractivity contribution in [2.75, 3.05) is 47.5 Å². The summed E-state index contributed by atoms with van der Waals surface area (Å²) in [4.78, 5) is 37.4. The maximum Gasteiger partial charge on any atom is 0.306 e. The number of carboxylic acids is 1. The van der Waals surface area contributed by atoms with Gasteiger partial charge in [0.25, 0.3) is 0 Å². The molecule has 0 spiro atoms. The zero-order valence-corrected chi connectivity index (χ0v) is 54.5. The lowest BCUT2D eigenvalue weighted by Crippen LogP contribution is -2.44. The largest absolute Gasteiger partial charge is 0.545 e. The van der Waals surface area contributed by atoms with Crippen molar-refractivity contribution in [3.8, 4) is 0 Å². The van der Waals surface area contributed by atoms with Crippen LogP contribution in [0, 0.1) is 0 Å². The number of carbonyl (C=O) groups excluding carboxylic acids is 3. The van der Waals surface area contributed by atoms with Crippen LogP contribution in [0.4, 0.5) is 0 Å². The molecule has 0 aromatic heterocycles. The molecule has 0 heterocycles. The molecular weight excluding hydrogens is 1030 g/mol. The van der Waals surface area contributed by atoms with E-state index in [1.165, 1.54) is 167 Å². The van der Waals surface area contributed by atoms with E-state index in [1.54, 1.807) is 0 Å². The lowest BCUT2D eigenvalue weighted by Gasteiger charge is -2.26. The molecule has 0 aliphatic carbocycles. The van der Waals surface area contributed by atoms with E-state index in [1.807, 2.05) is 21.1 Å². The third-order valence-corrected chi connectivity index (χ3v) is 14.8. The molecule has 0 aliphatic rings. The van der Waals surface area contributed by atoms with Crippen molar-refractivity contribution >= 4 is 17.9 Å². The van der Waals surface area contributed by atoms with Crippen LogP contribution in [-0.4, -0.2) is 82.3 Å². The van der Waals surface area contributed by atoms with Gasteiger partial charge in [0, 0.05) is 12.8 Å². The van der Waals surface area contributed by atoms with Crippen LogP contribution in [0.3, 0.4) is 0 Å². The second-order valence-corrected chi connectivity index (χ2v) is 24.1. The Bertz CT molecular complexity index is 1680. The third-order valence-electron chi connectivity index (χ3n) is 14.8. The normalized spacial score (nSPS) is 13.3. The van der Waals surface area contributed by atoms with Crippen molar-refractivity contribution in [2.24, 2.45) is 0 Å². The van der Waals surface area contributed by atoms with Crippen LogP contribution in [-0.2, 0) is 33.3 Å². The fourth-order valence-electron chi connectivity index (χ4n) is 9.64. The number of quaternary nitrogens is 1. The van der Waals surface area contributed by atoms with Gasteiger partial charge < -0.3 is 33.3 Å². The van der Waals surface area contributed by atoms with Crippen LogP contribution in [0.5, 0.6) is 0 Å². The van der Waals surface area contributed by atoms with Crippen molar-refractivity contribution in [3.05, 3.63) is 97.2 Å². The van der Waals surface area contributed by atoms with Crippen LogP contribution < -0.4 is 5.11 Å². The molecule has 0 fully saturated rings. The SMILES string of the molecule is CC/C=C\C/C=C\C/C=C\C/C=C\CCCCCCCCCCCCCCCCCCCCCCCCCCCCCCC(=O)OC(COC(=O)CCCCCC/C=C\C/C=C\C/C=C\C/C=C\CC)COC(OCC[N+](C)(C)C)C(=O)[O-]. The molecule has 478 valence electrons. The quantitative estimate of drug-likeness (QED) is 0.0195. The average Bonchev–Trinajstić information content (AvgIpc) is 3.46. The van der Waals surface area contributed by atoms with Crippen LogP contribution in [0.25, 0.3) is 0 Å². The summed E-state index contributed by atoms with van der Waals surface area (Å²) < 4.78 is 22.7. The number of carbonyl (C=O) groups is 3. The van der Waals surface area contributed by atoms with Crippen LogP contribution in [0.1, 0.15) is 296 Å². The summed E-state index contributed by atoms with van der Waals surface area (Å²) in [6.07, 6.45) is 85.2. The molecule has 0 N–H and O–H groups in total. The third kappa shape index (κ3) is 65.6. The molecule has 2 atom stereocenters. The van der Waals surface area contributed by atoms with Crippen LogP contribution in [0.2, 0.25) is 0 Å². The highest BCUT2D eigenvalue weighted by Gasteiger charge is 2.22. The summed E-state index contributed by atoms with van der Waals surface area (Å²) >= 11 is 0. The van der Waals surface area contributed by atoms with Gasteiger partial charge in [0.1, 0.15) is 13.2 Å². The molecule has 9 nitrogen and oxygen atoms in total. The lowest BCUT2D eigenvalue weighted by molar-refractivity contribution is -0.870. The molecule has 9 heteroatoms. The summed E-state index contributed by atoms with van der Waals surface area (Å²) in [5.41, 5.74) is 0. The molecule has 83 heavy (non-hydrogen) atoms. The predicted octanol–water partition coefficient (Wildman–Crippen LogP) is 19.9. The molecule has 0 aromatic rings. The average molecular weight is 1160 g/mol. The summed E-state index contributed by atoms with van der Waals surface area (Å²) in [6.45, 7) is 4.51. The lowest BCUT2D eigenvalue weighted by atomic mass is 10.0. The summed E-state index contributed by atoms with van der Waals surface area (Å²) in [5, 5.41) is 11.8.